The quantitative estimate of drug-likeness (QED) is 0.479. The van der Waals surface area contributed by atoms with E-state index >= 15 is 0 Å². The number of anilines is 1. The Bertz CT molecular complexity index is 696. The number of hydrogen-bond donors (Lipinski definition) is 2. The highest BCUT2D eigenvalue weighted by Crippen LogP contribution is 2.18. The molecule has 0 radical (unpaired) electrons. The predicted molar refractivity (Wildman–Crippen MR) is 85.8 cm³/mol. The second-order valence-electron chi connectivity index (χ2n) is 5.52. The fourth-order valence-electron chi connectivity index (χ4n) is 1.67. The van der Waals surface area contributed by atoms with Gasteiger partial charge >= 0.3 is 12.1 Å². The minimum Gasteiger partial charge on any atom is -0.464 e. The third kappa shape index (κ3) is 4.97. The smallest absolute Gasteiger partial charge is 0.415 e. The summed E-state index contributed by atoms with van der Waals surface area (Å²) in [4.78, 5) is 21.2. The van der Waals surface area contributed by atoms with Gasteiger partial charge in [0.25, 0.3) is 0 Å². The van der Waals surface area contributed by atoms with Crippen LogP contribution in [0.5, 0.6) is 0 Å². The highest BCUT2D eigenvalue weighted by Gasteiger charge is 2.12. The van der Waals surface area contributed by atoms with Crippen LogP contribution < -0.4 is 5.73 Å². The molecule has 118 valence electrons. The van der Waals surface area contributed by atoms with Crippen molar-refractivity contribution in [3.8, 4) is 0 Å². The van der Waals surface area contributed by atoms with Gasteiger partial charge in [0.05, 0.1) is 5.52 Å². The lowest BCUT2D eigenvalue weighted by Crippen LogP contribution is -2.22. The molecule has 0 aliphatic heterocycles. The predicted octanol–water partition coefficient (Wildman–Crippen LogP) is 3.26. The van der Waals surface area contributed by atoms with Crippen LogP contribution in [-0.2, 0) is 9.53 Å². The van der Waals surface area contributed by atoms with Gasteiger partial charge in [-0.25, -0.2) is 9.59 Å². The minimum absolute atomic E-state index is 0.373. The summed E-state index contributed by atoms with van der Waals surface area (Å²) in [6, 6.07) is 6.84. The molecule has 6 heteroatoms. The van der Waals surface area contributed by atoms with Crippen LogP contribution in [0.15, 0.2) is 43.1 Å². The van der Waals surface area contributed by atoms with Crippen molar-refractivity contribution in [2.75, 3.05) is 5.73 Å². The molecule has 0 bridgehead atoms. The van der Waals surface area contributed by atoms with E-state index in [-0.39, 0.29) is 5.97 Å². The fourth-order valence-corrected chi connectivity index (χ4v) is 1.67. The van der Waals surface area contributed by atoms with Crippen molar-refractivity contribution in [3.63, 3.8) is 0 Å². The van der Waals surface area contributed by atoms with Crippen LogP contribution in [0.2, 0.25) is 0 Å². The molecule has 0 amide bonds. The number of nitrogen functional groups attached to an aromatic ring is 1. The first-order valence-corrected chi connectivity index (χ1v) is 6.59. The van der Waals surface area contributed by atoms with Crippen molar-refractivity contribution in [1.29, 1.82) is 0 Å². The molecule has 1 aromatic heterocycles. The average molecular weight is 304 g/mol. The lowest BCUT2D eigenvalue weighted by Gasteiger charge is -2.17. The van der Waals surface area contributed by atoms with Gasteiger partial charge in [-0.2, -0.15) is 0 Å². The zero-order valence-electron chi connectivity index (χ0n) is 12.9. The Morgan fingerprint density at radius 3 is 2.41 bits per heavy atom. The van der Waals surface area contributed by atoms with E-state index in [2.05, 4.69) is 6.58 Å². The maximum absolute atomic E-state index is 10.7. The summed E-state index contributed by atoms with van der Waals surface area (Å²) in [5, 5.41) is 9.61. The second-order valence-corrected chi connectivity index (χ2v) is 5.52. The Morgan fingerprint density at radius 2 is 1.95 bits per heavy atom. The molecule has 2 rings (SSSR count). The third-order valence-electron chi connectivity index (χ3n) is 2.49. The molecule has 1 heterocycles. The van der Waals surface area contributed by atoms with Crippen molar-refractivity contribution in [2.24, 2.45) is 0 Å². The van der Waals surface area contributed by atoms with Gasteiger partial charge < -0.3 is 15.6 Å². The summed E-state index contributed by atoms with van der Waals surface area (Å²) < 4.78 is 5.99. The molecule has 6 nitrogen and oxygen atoms in total. The molecule has 3 N–H and O–H groups in total. The molecule has 0 atom stereocenters. The number of carboxylic acid groups (broad SMARTS) is 1. The highest BCUT2D eigenvalue weighted by atomic mass is 16.6. The summed E-state index contributed by atoms with van der Waals surface area (Å²) in [6.45, 7) is 8.71. The van der Waals surface area contributed by atoms with Gasteiger partial charge in [0, 0.05) is 23.3 Å². The van der Waals surface area contributed by atoms with Crippen LogP contribution in [0.3, 0.4) is 0 Å². The van der Waals surface area contributed by atoms with Crippen LogP contribution in [0.25, 0.3) is 10.9 Å². The molecule has 0 saturated carbocycles. The lowest BCUT2D eigenvalue weighted by atomic mass is 10.2. The van der Waals surface area contributed by atoms with Crippen LogP contribution in [-0.4, -0.2) is 27.3 Å². The Kier molecular flexibility index (Phi) is 5.34. The number of fused-ring (bicyclic) bond motifs is 1. The van der Waals surface area contributed by atoms with Crippen molar-refractivity contribution in [2.45, 2.75) is 26.4 Å². The van der Waals surface area contributed by atoms with Gasteiger partial charge in [0.1, 0.15) is 5.60 Å². The summed E-state index contributed by atoms with van der Waals surface area (Å²) >= 11 is 0. The number of benzene rings is 1. The number of nitrogens with two attached hydrogens (primary N) is 1. The van der Waals surface area contributed by atoms with Crippen molar-refractivity contribution in [1.82, 2.24) is 4.57 Å². The minimum atomic E-state index is -0.986. The topological polar surface area (TPSA) is 94.5 Å². The van der Waals surface area contributed by atoms with E-state index in [1.165, 1.54) is 6.20 Å². The van der Waals surface area contributed by atoms with Crippen molar-refractivity contribution in [3.05, 3.63) is 43.1 Å². The number of carbonyl (C=O) groups is 2. The van der Waals surface area contributed by atoms with E-state index in [1.807, 2.05) is 20.8 Å². The number of nitrogens with zero attached hydrogens (tertiary/aromatic N) is 1. The number of esters is 1. The van der Waals surface area contributed by atoms with Gasteiger partial charge in [-0.15, -0.1) is 0 Å². The Labute approximate surface area is 128 Å². The van der Waals surface area contributed by atoms with E-state index in [9.17, 15) is 9.59 Å². The number of ether oxygens (including phenoxy) is 1. The van der Waals surface area contributed by atoms with Crippen LogP contribution in [0, 0.1) is 0 Å². The lowest BCUT2D eigenvalue weighted by molar-refractivity contribution is -0.148. The molecular weight excluding hydrogens is 284 g/mol. The first-order chi connectivity index (χ1) is 10.1. The standard InChI is InChI=1S/C9H8N2O2.C7H12O2/c10-7-1-2-8-6(5-7)3-4-11(8)9(12)13;1-5-6(8)9-7(2,3)4/h1-5H,10H2,(H,12,13);5H,1H2,2-4H3. The Hall–Kier alpha value is -2.76. The molecule has 22 heavy (non-hydrogen) atoms. The highest BCUT2D eigenvalue weighted by molar-refractivity contribution is 5.90. The molecule has 0 aliphatic carbocycles. The zero-order valence-corrected chi connectivity index (χ0v) is 12.9. The zero-order chi connectivity index (χ0) is 16.9. The molecule has 0 spiro atoms. The summed E-state index contributed by atoms with van der Waals surface area (Å²) in [5.74, 6) is -0.373. The SMILES string of the molecule is C=CC(=O)OC(C)(C)C.Nc1ccc2c(ccn2C(=O)O)c1. The number of hydrogen-bond acceptors (Lipinski definition) is 4. The van der Waals surface area contributed by atoms with Gasteiger partial charge in [-0.05, 0) is 45.0 Å². The Morgan fingerprint density at radius 1 is 1.32 bits per heavy atom. The van der Waals surface area contributed by atoms with E-state index in [4.69, 9.17) is 15.6 Å². The van der Waals surface area contributed by atoms with Crippen LogP contribution in [0.4, 0.5) is 10.5 Å². The number of carbonyl (C=O) groups excluding carboxylic acids is 1. The van der Waals surface area contributed by atoms with Crippen LogP contribution in [0.1, 0.15) is 20.8 Å². The molecular formula is C16H20N2O4. The normalized spacial score (nSPS) is 10.5. The monoisotopic (exact) mass is 304 g/mol. The summed E-state index contributed by atoms with van der Waals surface area (Å²) in [5.41, 5.74) is 6.44. The van der Waals surface area contributed by atoms with Gasteiger partial charge in [0.2, 0.25) is 0 Å². The van der Waals surface area contributed by atoms with Gasteiger partial charge in [-0.1, -0.05) is 6.58 Å². The number of aromatic nitrogens is 1. The van der Waals surface area contributed by atoms with Crippen molar-refractivity contribution < 1.29 is 19.4 Å². The summed E-state index contributed by atoms with van der Waals surface area (Å²) in [6.07, 6.45) is 1.68. The van der Waals surface area contributed by atoms with Crippen molar-refractivity contribution >= 4 is 28.7 Å². The largest absolute Gasteiger partial charge is 0.464 e. The maximum atomic E-state index is 10.7. The summed E-state index contributed by atoms with van der Waals surface area (Å²) in [7, 11) is 0. The molecule has 0 fully saturated rings. The first-order valence-electron chi connectivity index (χ1n) is 6.59. The van der Waals surface area contributed by atoms with E-state index < -0.39 is 11.7 Å². The maximum Gasteiger partial charge on any atom is 0.415 e. The van der Waals surface area contributed by atoms with E-state index in [0.717, 1.165) is 16.0 Å². The average Bonchev–Trinajstić information content (AvgIpc) is 2.80. The van der Waals surface area contributed by atoms with Gasteiger partial charge in [-0.3, -0.25) is 4.57 Å². The van der Waals surface area contributed by atoms with E-state index in [1.54, 1.807) is 24.3 Å². The fraction of sp³-hybridized carbons (Fsp3) is 0.250. The van der Waals surface area contributed by atoms with Crippen LogP contribution >= 0.6 is 0 Å². The second kappa shape index (κ2) is 6.80. The molecule has 1 aromatic carbocycles. The molecule has 0 unspecified atom stereocenters. The van der Waals surface area contributed by atoms with E-state index in [0.29, 0.717) is 11.2 Å². The van der Waals surface area contributed by atoms with Gasteiger partial charge in [0.15, 0.2) is 0 Å². The Balaban J connectivity index is 0.000000239. The number of rotatable bonds is 1. The molecule has 2 aromatic rings. The molecule has 0 saturated heterocycles. The first kappa shape index (κ1) is 17.3. The molecule has 0 aliphatic rings. The third-order valence-corrected chi connectivity index (χ3v) is 2.49.